The number of likely N-dealkylation sites (tertiary alicyclic amines) is 1. The fraction of sp³-hybridized carbons (Fsp3) is 0.500. The lowest BCUT2D eigenvalue weighted by Gasteiger charge is -2.39. The molecule has 0 aliphatic carbocycles. The van der Waals surface area contributed by atoms with E-state index in [9.17, 15) is 4.79 Å². The lowest BCUT2D eigenvalue weighted by molar-refractivity contribution is 0.104. The first-order valence-corrected chi connectivity index (χ1v) is 6.91. The molecule has 1 aromatic rings. The molecule has 5 nitrogen and oxygen atoms in total. The molecule has 1 amide bonds. The van der Waals surface area contributed by atoms with Crippen molar-refractivity contribution in [2.24, 2.45) is 5.73 Å². The Bertz CT molecular complexity index is 528. The predicted molar refractivity (Wildman–Crippen MR) is 77.8 cm³/mol. The van der Waals surface area contributed by atoms with Gasteiger partial charge in [0.25, 0.3) is 0 Å². The summed E-state index contributed by atoms with van der Waals surface area (Å²) in [4.78, 5) is 12.3. The minimum atomic E-state index is -0.887. The van der Waals surface area contributed by atoms with E-state index in [2.05, 4.69) is 0 Å². The third kappa shape index (κ3) is 2.55. The average molecular weight is 299 g/mol. The van der Waals surface area contributed by atoms with Crippen molar-refractivity contribution in [3.05, 3.63) is 27.8 Å². The van der Waals surface area contributed by atoms with Gasteiger partial charge in [-0.25, -0.2) is 4.79 Å². The van der Waals surface area contributed by atoms with E-state index in [0.717, 1.165) is 22.4 Å². The van der Waals surface area contributed by atoms with Crippen LogP contribution in [0.2, 0.25) is 5.02 Å². The van der Waals surface area contributed by atoms with Gasteiger partial charge in [-0.1, -0.05) is 11.6 Å². The van der Waals surface area contributed by atoms with E-state index in [1.165, 1.54) is 4.90 Å². The topological polar surface area (TPSA) is 75.8 Å². The number of nitrogens with two attached hydrogens (primary N) is 1. The van der Waals surface area contributed by atoms with Crippen molar-refractivity contribution in [2.75, 3.05) is 26.7 Å². The first-order chi connectivity index (χ1) is 9.49. The Morgan fingerprint density at radius 3 is 2.75 bits per heavy atom. The molecule has 1 aliphatic rings. The molecule has 1 heterocycles. The highest BCUT2D eigenvalue weighted by Crippen LogP contribution is 2.41. The second kappa shape index (κ2) is 5.89. The van der Waals surface area contributed by atoms with Crippen molar-refractivity contribution in [2.45, 2.75) is 19.3 Å². The highest BCUT2D eigenvalue weighted by atomic mass is 35.5. The molecule has 0 unspecified atom stereocenters. The fourth-order valence-corrected chi connectivity index (χ4v) is 2.92. The number of nitrogens with zero attached hydrogens (tertiary/aromatic N) is 1. The first-order valence-electron chi connectivity index (χ1n) is 6.53. The van der Waals surface area contributed by atoms with E-state index in [4.69, 9.17) is 27.2 Å². The Balaban J connectivity index is 2.38. The van der Waals surface area contributed by atoms with Gasteiger partial charge in [0.1, 0.15) is 5.75 Å². The Morgan fingerprint density at radius 2 is 2.25 bits per heavy atom. The van der Waals surface area contributed by atoms with Gasteiger partial charge in [0.15, 0.2) is 0 Å². The Morgan fingerprint density at radius 1 is 1.60 bits per heavy atom. The molecule has 2 rings (SSSR count). The molecule has 110 valence electrons. The van der Waals surface area contributed by atoms with Crippen LogP contribution in [-0.2, 0) is 6.42 Å². The van der Waals surface area contributed by atoms with Gasteiger partial charge in [-0.15, -0.1) is 0 Å². The number of carbonyl (C=O) groups is 1. The number of rotatable bonds is 4. The van der Waals surface area contributed by atoms with Crippen LogP contribution in [0.15, 0.2) is 6.07 Å². The van der Waals surface area contributed by atoms with Crippen molar-refractivity contribution in [3.8, 4) is 5.75 Å². The summed E-state index contributed by atoms with van der Waals surface area (Å²) in [5, 5.41) is 9.62. The highest BCUT2D eigenvalue weighted by Gasteiger charge is 2.35. The largest absolute Gasteiger partial charge is 0.496 e. The SMILES string of the molecule is COc1c(CCN)cc(Cl)c(C)c1C1CN(C(=O)O)C1. The summed E-state index contributed by atoms with van der Waals surface area (Å²) in [7, 11) is 1.62. The smallest absolute Gasteiger partial charge is 0.407 e. The van der Waals surface area contributed by atoms with Gasteiger partial charge in [-0.3, -0.25) is 0 Å². The van der Waals surface area contributed by atoms with Crippen molar-refractivity contribution in [3.63, 3.8) is 0 Å². The molecule has 1 aromatic carbocycles. The maximum atomic E-state index is 10.9. The number of hydrogen-bond acceptors (Lipinski definition) is 3. The molecule has 1 aliphatic heterocycles. The zero-order chi connectivity index (χ0) is 14.9. The van der Waals surface area contributed by atoms with Crippen LogP contribution in [0.4, 0.5) is 4.79 Å². The molecule has 0 spiro atoms. The van der Waals surface area contributed by atoms with Gasteiger partial charge in [-0.2, -0.15) is 0 Å². The lowest BCUT2D eigenvalue weighted by atomic mass is 9.86. The monoisotopic (exact) mass is 298 g/mol. The van der Waals surface area contributed by atoms with E-state index >= 15 is 0 Å². The molecule has 0 bridgehead atoms. The van der Waals surface area contributed by atoms with Crippen LogP contribution in [-0.4, -0.2) is 42.8 Å². The van der Waals surface area contributed by atoms with Crippen LogP contribution in [0.3, 0.4) is 0 Å². The minimum Gasteiger partial charge on any atom is -0.496 e. The summed E-state index contributed by atoms with van der Waals surface area (Å²) < 4.78 is 5.54. The number of benzene rings is 1. The maximum absolute atomic E-state index is 10.9. The van der Waals surface area contributed by atoms with Gasteiger partial charge in [0.05, 0.1) is 7.11 Å². The Hall–Kier alpha value is -1.46. The van der Waals surface area contributed by atoms with Crippen LogP contribution in [0.1, 0.15) is 22.6 Å². The van der Waals surface area contributed by atoms with E-state index in [1.54, 1.807) is 7.11 Å². The van der Waals surface area contributed by atoms with Crippen molar-refractivity contribution in [1.29, 1.82) is 0 Å². The first kappa shape index (κ1) is 14.9. The van der Waals surface area contributed by atoms with Crippen LogP contribution in [0, 0.1) is 6.92 Å². The number of hydrogen-bond donors (Lipinski definition) is 2. The van der Waals surface area contributed by atoms with Gasteiger partial charge < -0.3 is 20.5 Å². The molecule has 6 heteroatoms. The summed E-state index contributed by atoms with van der Waals surface area (Å²) in [6.07, 6.45) is -0.201. The quantitative estimate of drug-likeness (QED) is 0.894. The molecule has 0 saturated carbocycles. The summed E-state index contributed by atoms with van der Waals surface area (Å²) in [5.74, 6) is 0.934. The van der Waals surface area contributed by atoms with Gasteiger partial charge in [0.2, 0.25) is 0 Å². The Labute approximate surface area is 123 Å². The normalized spacial score (nSPS) is 15.1. The highest BCUT2D eigenvalue weighted by molar-refractivity contribution is 6.31. The molecule has 1 saturated heterocycles. The molecule has 0 radical (unpaired) electrons. The second-order valence-corrected chi connectivity index (χ2v) is 5.42. The second-order valence-electron chi connectivity index (χ2n) is 5.01. The van der Waals surface area contributed by atoms with Crippen molar-refractivity contribution in [1.82, 2.24) is 4.90 Å². The van der Waals surface area contributed by atoms with Gasteiger partial charge in [0, 0.05) is 29.6 Å². The molecular weight excluding hydrogens is 280 g/mol. The van der Waals surface area contributed by atoms with E-state index in [1.807, 2.05) is 13.0 Å². The van der Waals surface area contributed by atoms with Crippen molar-refractivity contribution < 1.29 is 14.6 Å². The van der Waals surface area contributed by atoms with Gasteiger partial charge in [-0.05, 0) is 37.1 Å². The zero-order valence-electron chi connectivity index (χ0n) is 11.6. The number of carboxylic acid groups (broad SMARTS) is 1. The average Bonchev–Trinajstić information content (AvgIpc) is 2.33. The van der Waals surface area contributed by atoms with E-state index < -0.39 is 6.09 Å². The summed E-state index contributed by atoms with van der Waals surface area (Å²) in [6.45, 7) is 3.42. The van der Waals surface area contributed by atoms with Crippen LogP contribution < -0.4 is 10.5 Å². The predicted octanol–water partition coefficient (Wildman–Crippen LogP) is 2.24. The van der Waals surface area contributed by atoms with Crippen LogP contribution >= 0.6 is 11.6 Å². The molecular formula is C14H19ClN2O3. The van der Waals surface area contributed by atoms with Crippen LogP contribution in [0.25, 0.3) is 0 Å². The molecule has 3 N–H and O–H groups in total. The summed E-state index contributed by atoms with van der Waals surface area (Å²) in [5.41, 5.74) is 8.58. The molecule has 0 atom stereocenters. The number of methoxy groups -OCH3 is 1. The molecule has 0 aromatic heterocycles. The molecule has 1 fully saturated rings. The number of ether oxygens (including phenoxy) is 1. The van der Waals surface area contributed by atoms with Crippen LogP contribution in [0.5, 0.6) is 5.75 Å². The number of halogens is 1. The van der Waals surface area contributed by atoms with E-state index in [0.29, 0.717) is 31.1 Å². The summed E-state index contributed by atoms with van der Waals surface area (Å²) in [6, 6.07) is 1.89. The standard InChI is InChI=1S/C14H19ClN2O3/c1-8-11(15)5-9(3-4-16)13(20-2)12(8)10-6-17(7-10)14(18)19/h5,10H,3-4,6-7,16H2,1-2H3,(H,18,19). The Kier molecular flexibility index (Phi) is 4.40. The van der Waals surface area contributed by atoms with Gasteiger partial charge >= 0.3 is 6.09 Å². The number of amides is 1. The third-order valence-corrected chi connectivity index (χ3v) is 4.17. The minimum absolute atomic E-state index is 0.135. The maximum Gasteiger partial charge on any atom is 0.407 e. The van der Waals surface area contributed by atoms with Crippen molar-refractivity contribution >= 4 is 17.7 Å². The molecule has 20 heavy (non-hydrogen) atoms. The third-order valence-electron chi connectivity index (χ3n) is 3.78. The zero-order valence-corrected chi connectivity index (χ0v) is 12.4. The van der Waals surface area contributed by atoms with E-state index in [-0.39, 0.29) is 5.92 Å². The fourth-order valence-electron chi connectivity index (χ4n) is 2.69. The summed E-state index contributed by atoms with van der Waals surface area (Å²) >= 11 is 6.28. The lowest BCUT2D eigenvalue weighted by Crippen LogP contribution is -2.48.